The molecular formula is C14H16N2O4. The average molecular weight is 276 g/mol. The molecule has 0 saturated carbocycles. The van der Waals surface area contributed by atoms with Crippen LogP contribution in [0.15, 0.2) is 24.3 Å². The number of urea groups is 1. The van der Waals surface area contributed by atoms with Crippen molar-refractivity contribution in [3.8, 4) is 5.75 Å². The number of anilines is 1. The van der Waals surface area contributed by atoms with Crippen molar-refractivity contribution in [2.45, 2.75) is 20.8 Å². The maximum absolute atomic E-state index is 12.3. The first kappa shape index (κ1) is 14.0. The van der Waals surface area contributed by atoms with Gasteiger partial charge in [-0.1, -0.05) is 0 Å². The summed E-state index contributed by atoms with van der Waals surface area (Å²) in [6, 6.07) is 5.82. The van der Waals surface area contributed by atoms with Crippen LogP contribution in [0.4, 0.5) is 10.5 Å². The van der Waals surface area contributed by atoms with Gasteiger partial charge in [-0.2, -0.15) is 0 Å². The first-order chi connectivity index (χ1) is 9.37. The van der Waals surface area contributed by atoms with Gasteiger partial charge in [-0.05, 0) is 45.0 Å². The third kappa shape index (κ3) is 2.24. The normalized spacial score (nSPS) is 17.9. The molecule has 4 amide bonds. The molecule has 6 nitrogen and oxygen atoms in total. The Labute approximate surface area is 116 Å². The van der Waals surface area contributed by atoms with Crippen LogP contribution in [0.2, 0.25) is 0 Å². The van der Waals surface area contributed by atoms with E-state index in [1.807, 2.05) is 6.92 Å². The zero-order chi connectivity index (χ0) is 14.9. The van der Waals surface area contributed by atoms with Crippen LogP contribution in [0.3, 0.4) is 0 Å². The maximum atomic E-state index is 12.3. The van der Waals surface area contributed by atoms with E-state index in [0.717, 1.165) is 4.90 Å². The number of hydrogen-bond donors (Lipinski definition) is 1. The fourth-order valence-electron chi connectivity index (χ4n) is 1.87. The predicted octanol–water partition coefficient (Wildman–Crippen LogP) is 1.69. The van der Waals surface area contributed by atoms with Crippen molar-refractivity contribution in [1.82, 2.24) is 5.32 Å². The summed E-state index contributed by atoms with van der Waals surface area (Å²) >= 11 is 0. The number of carbonyl (C=O) groups is 3. The lowest BCUT2D eigenvalue weighted by molar-refractivity contribution is -0.140. The molecule has 0 unspecified atom stereocenters. The highest BCUT2D eigenvalue weighted by Crippen LogP contribution is 2.29. The molecule has 106 valence electrons. The lowest BCUT2D eigenvalue weighted by atomic mass is 9.88. The Morgan fingerprint density at radius 3 is 2.30 bits per heavy atom. The summed E-state index contributed by atoms with van der Waals surface area (Å²) in [5.41, 5.74) is -0.872. The Kier molecular flexibility index (Phi) is 3.48. The van der Waals surface area contributed by atoms with E-state index in [1.54, 1.807) is 24.3 Å². The van der Waals surface area contributed by atoms with Crippen LogP contribution in [0, 0.1) is 5.41 Å². The molecule has 0 spiro atoms. The third-order valence-corrected chi connectivity index (χ3v) is 3.13. The highest BCUT2D eigenvalue weighted by atomic mass is 16.5. The minimum absolute atomic E-state index is 0.400. The Morgan fingerprint density at radius 1 is 1.15 bits per heavy atom. The van der Waals surface area contributed by atoms with Gasteiger partial charge >= 0.3 is 6.03 Å². The van der Waals surface area contributed by atoms with Crippen LogP contribution in [0.25, 0.3) is 0 Å². The molecule has 2 rings (SSSR count). The first-order valence-corrected chi connectivity index (χ1v) is 6.30. The number of ether oxygens (including phenoxy) is 1. The standard InChI is InChI=1S/C14H16N2O4/c1-4-20-10-7-5-9(6-8-10)16-12(18)14(2,3)11(17)15-13(16)19/h5-8H,4H2,1-3H3,(H,15,17,19). The molecule has 1 fully saturated rings. The molecule has 1 aromatic carbocycles. The molecule has 1 N–H and O–H groups in total. The number of imide groups is 2. The largest absolute Gasteiger partial charge is 0.494 e. The van der Waals surface area contributed by atoms with Crippen LogP contribution in [-0.4, -0.2) is 24.5 Å². The molecule has 0 aromatic heterocycles. The molecular weight excluding hydrogens is 260 g/mol. The molecule has 1 aromatic rings. The number of barbiturate groups is 1. The molecule has 0 radical (unpaired) electrons. The van der Waals surface area contributed by atoms with E-state index in [1.165, 1.54) is 13.8 Å². The topological polar surface area (TPSA) is 75.7 Å². The molecule has 1 aliphatic rings. The van der Waals surface area contributed by atoms with Crippen LogP contribution in [-0.2, 0) is 9.59 Å². The number of hydrogen-bond acceptors (Lipinski definition) is 4. The average Bonchev–Trinajstić information content (AvgIpc) is 2.39. The van der Waals surface area contributed by atoms with Gasteiger partial charge < -0.3 is 4.74 Å². The second-order valence-electron chi connectivity index (χ2n) is 4.95. The zero-order valence-electron chi connectivity index (χ0n) is 11.6. The van der Waals surface area contributed by atoms with Crippen molar-refractivity contribution >= 4 is 23.5 Å². The van der Waals surface area contributed by atoms with Crippen LogP contribution >= 0.6 is 0 Å². The van der Waals surface area contributed by atoms with Gasteiger partial charge in [0.1, 0.15) is 11.2 Å². The van der Waals surface area contributed by atoms with Gasteiger partial charge in [0, 0.05) is 0 Å². The van der Waals surface area contributed by atoms with Gasteiger partial charge in [0.2, 0.25) is 11.8 Å². The van der Waals surface area contributed by atoms with Gasteiger partial charge in [-0.3, -0.25) is 14.9 Å². The van der Waals surface area contributed by atoms with Gasteiger partial charge in [-0.25, -0.2) is 9.69 Å². The number of nitrogens with one attached hydrogen (secondary N) is 1. The zero-order valence-corrected chi connectivity index (χ0v) is 11.6. The van der Waals surface area contributed by atoms with Crippen molar-refractivity contribution in [3.05, 3.63) is 24.3 Å². The van der Waals surface area contributed by atoms with Crippen molar-refractivity contribution < 1.29 is 19.1 Å². The first-order valence-electron chi connectivity index (χ1n) is 6.30. The number of rotatable bonds is 3. The lowest BCUT2D eigenvalue weighted by Gasteiger charge is -2.34. The fraction of sp³-hybridized carbons (Fsp3) is 0.357. The second kappa shape index (κ2) is 4.96. The van der Waals surface area contributed by atoms with Crippen LogP contribution in [0.1, 0.15) is 20.8 Å². The van der Waals surface area contributed by atoms with E-state index in [4.69, 9.17) is 4.74 Å². The number of carbonyl (C=O) groups excluding carboxylic acids is 3. The molecule has 1 heterocycles. The highest BCUT2D eigenvalue weighted by molar-refractivity contribution is 6.29. The Balaban J connectivity index is 2.33. The van der Waals surface area contributed by atoms with Crippen molar-refractivity contribution in [2.75, 3.05) is 11.5 Å². The van der Waals surface area contributed by atoms with Gasteiger partial charge in [-0.15, -0.1) is 0 Å². The molecule has 20 heavy (non-hydrogen) atoms. The van der Waals surface area contributed by atoms with Crippen molar-refractivity contribution in [3.63, 3.8) is 0 Å². The van der Waals surface area contributed by atoms with Gasteiger partial charge in [0.15, 0.2) is 0 Å². The molecule has 0 aliphatic carbocycles. The molecule has 1 aliphatic heterocycles. The summed E-state index contributed by atoms with van der Waals surface area (Å²) in [4.78, 5) is 36.8. The van der Waals surface area contributed by atoms with E-state index in [9.17, 15) is 14.4 Å². The van der Waals surface area contributed by atoms with Crippen LogP contribution in [0.5, 0.6) is 5.75 Å². The Bertz CT molecular complexity index is 563. The van der Waals surface area contributed by atoms with Crippen molar-refractivity contribution in [2.24, 2.45) is 5.41 Å². The Hall–Kier alpha value is -2.37. The monoisotopic (exact) mass is 276 g/mol. The van der Waals surface area contributed by atoms with Gasteiger partial charge in [0.25, 0.3) is 0 Å². The van der Waals surface area contributed by atoms with Crippen LogP contribution < -0.4 is 15.0 Å². The van der Waals surface area contributed by atoms with Crippen molar-refractivity contribution in [1.29, 1.82) is 0 Å². The highest BCUT2D eigenvalue weighted by Gasteiger charge is 2.47. The molecule has 0 bridgehead atoms. The van der Waals surface area contributed by atoms with E-state index >= 15 is 0 Å². The minimum Gasteiger partial charge on any atom is -0.494 e. The summed E-state index contributed by atoms with van der Waals surface area (Å²) in [7, 11) is 0. The molecule has 6 heteroatoms. The van der Waals surface area contributed by atoms with E-state index < -0.39 is 23.3 Å². The summed E-state index contributed by atoms with van der Waals surface area (Å²) < 4.78 is 5.30. The molecule has 1 saturated heterocycles. The minimum atomic E-state index is -1.27. The second-order valence-corrected chi connectivity index (χ2v) is 4.95. The Morgan fingerprint density at radius 2 is 1.75 bits per heavy atom. The van der Waals surface area contributed by atoms with E-state index in [0.29, 0.717) is 18.0 Å². The summed E-state index contributed by atoms with van der Waals surface area (Å²) in [5, 5.41) is 2.18. The number of amides is 4. The lowest BCUT2D eigenvalue weighted by Crippen LogP contribution is -2.62. The summed E-state index contributed by atoms with van der Waals surface area (Å²) in [5.74, 6) is -0.485. The number of nitrogens with zero attached hydrogens (tertiary/aromatic N) is 1. The van der Waals surface area contributed by atoms with E-state index in [-0.39, 0.29) is 0 Å². The van der Waals surface area contributed by atoms with E-state index in [2.05, 4.69) is 5.32 Å². The predicted molar refractivity (Wildman–Crippen MR) is 72.4 cm³/mol. The van der Waals surface area contributed by atoms with Gasteiger partial charge in [0.05, 0.1) is 12.3 Å². The SMILES string of the molecule is CCOc1ccc(N2C(=O)NC(=O)C(C)(C)C2=O)cc1. The quantitative estimate of drug-likeness (QED) is 0.852. The number of benzene rings is 1. The summed E-state index contributed by atoms with van der Waals surface area (Å²) in [6.45, 7) is 5.37. The molecule has 0 atom stereocenters. The smallest absolute Gasteiger partial charge is 0.335 e. The third-order valence-electron chi connectivity index (χ3n) is 3.13. The summed E-state index contributed by atoms with van der Waals surface area (Å²) in [6.07, 6.45) is 0. The maximum Gasteiger partial charge on any atom is 0.335 e. The fourth-order valence-corrected chi connectivity index (χ4v) is 1.87.